The number of halogens is 2. The standard InChI is InChI=1S/C16H28N6O3.2ClH/c1-12(2)15(17)16(24)18-11-14(23)19-13-3-4-22(20-13)6-5-21-7-9-25-10-8-21;;/h3-4,12,15H,5-11,17H2,1-2H3,(H,18,24)(H,19,20,23);2*1H/t15-;;/m0../s1. The number of nitrogens with zero attached hydrogens (tertiary/aromatic N) is 3. The van der Waals surface area contributed by atoms with Crippen molar-refractivity contribution >= 4 is 42.4 Å². The minimum Gasteiger partial charge on any atom is -0.379 e. The molecule has 4 N–H and O–H groups in total. The molecular formula is C16H30Cl2N6O3. The lowest BCUT2D eigenvalue weighted by Crippen LogP contribution is -2.46. The van der Waals surface area contributed by atoms with Crippen molar-refractivity contribution in [1.29, 1.82) is 0 Å². The number of aromatic nitrogens is 2. The summed E-state index contributed by atoms with van der Waals surface area (Å²) in [5, 5.41) is 9.51. The molecule has 0 aliphatic carbocycles. The molecule has 0 unspecified atom stereocenters. The molecular weight excluding hydrogens is 395 g/mol. The summed E-state index contributed by atoms with van der Waals surface area (Å²) >= 11 is 0. The second-order valence-electron chi connectivity index (χ2n) is 6.45. The van der Waals surface area contributed by atoms with E-state index in [2.05, 4.69) is 20.6 Å². The smallest absolute Gasteiger partial charge is 0.244 e. The molecule has 1 fully saturated rings. The summed E-state index contributed by atoms with van der Waals surface area (Å²) in [6.45, 7) is 8.63. The Balaban J connectivity index is 0.00000338. The predicted molar refractivity (Wildman–Crippen MR) is 108 cm³/mol. The first-order valence-electron chi connectivity index (χ1n) is 8.62. The highest BCUT2D eigenvalue weighted by Crippen LogP contribution is 2.04. The molecule has 1 aromatic rings. The third kappa shape index (κ3) is 8.89. The van der Waals surface area contributed by atoms with E-state index < -0.39 is 6.04 Å². The van der Waals surface area contributed by atoms with Crippen LogP contribution in [-0.2, 0) is 20.9 Å². The highest BCUT2D eigenvalue weighted by Gasteiger charge is 2.17. The van der Waals surface area contributed by atoms with Crippen molar-refractivity contribution in [2.45, 2.75) is 26.4 Å². The summed E-state index contributed by atoms with van der Waals surface area (Å²) in [5.74, 6) is -0.177. The second kappa shape index (κ2) is 12.9. The van der Waals surface area contributed by atoms with Gasteiger partial charge in [-0.05, 0) is 5.92 Å². The van der Waals surface area contributed by atoms with E-state index in [4.69, 9.17) is 10.5 Å². The molecule has 0 saturated carbocycles. The molecule has 2 amide bonds. The summed E-state index contributed by atoms with van der Waals surface area (Å²) in [6, 6.07) is 1.12. The van der Waals surface area contributed by atoms with Crippen LogP contribution in [0.1, 0.15) is 13.8 Å². The lowest BCUT2D eigenvalue weighted by atomic mass is 10.1. The Kier molecular flexibility index (Phi) is 12.2. The first-order valence-corrected chi connectivity index (χ1v) is 8.62. The fourth-order valence-electron chi connectivity index (χ4n) is 2.40. The summed E-state index contributed by atoms with van der Waals surface area (Å²) in [6.07, 6.45) is 1.82. The van der Waals surface area contributed by atoms with Crippen molar-refractivity contribution in [3.05, 3.63) is 12.3 Å². The van der Waals surface area contributed by atoms with Crippen LogP contribution in [0, 0.1) is 5.92 Å². The number of carbonyl (C=O) groups is 2. The Morgan fingerprint density at radius 3 is 2.56 bits per heavy atom. The van der Waals surface area contributed by atoms with Gasteiger partial charge >= 0.3 is 0 Å². The molecule has 0 aromatic carbocycles. The van der Waals surface area contributed by atoms with Gasteiger partial charge in [-0.2, -0.15) is 5.10 Å². The summed E-state index contributed by atoms with van der Waals surface area (Å²) in [4.78, 5) is 25.9. The maximum Gasteiger partial charge on any atom is 0.244 e. The number of nitrogens with one attached hydrogen (secondary N) is 2. The number of carbonyl (C=O) groups excluding carboxylic acids is 2. The molecule has 156 valence electrons. The fraction of sp³-hybridized carbons (Fsp3) is 0.688. The Labute approximate surface area is 172 Å². The van der Waals surface area contributed by atoms with E-state index in [0.717, 1.165) is 39.4 Å². The van der Waals surface area contributed by atoms with E-state index in [1.165, 1.54) is 0 Å². The number of ether oxygens (including phenoxy) is 1. The highest BCUT2D eigenvalue weighted by atomic mass is 35.5. The maximum atomic E-state index is 11.9. The molecule has 0 radical (unpaired) electrons. The molecule has 1 saturated heterocycles. The summed E-state index contributed by atoms with van der Waals surface area (Å²) in [5.41, 5.74) is 5.73. The van der Waals surface area contributed by atoms with Gasteiger partial charge in [-0.15, -0.1) is 24.8 Å². The number of hydrogen-bond donors (Lipinski definition) is 3. The summed E-state index contributed by atoms with van der Waals surface area (Å²) < 4.78 is 7.11. The topological polar surface area (TPSA) is 115 Å². The van der Waals surface area contributed by atoms with Crippen molar-refractivity contribution in [1.82, 2.24) is 20.0 Å². The SMILES string of the molecule is CC(C)[C@H](N)C(=O)NCC(=O)Nc1ccn(CCN2CCOCC2)n1.Cl.Cl. The maximum absolute atomic E-state index is 11.9. The van der Waals surface area contributed by atoms with Crippen LogP contribution in [0.15, 0.2) is 12.3 Å². The zero-order valence-corrected chi connectivity index (χ0v) is 17.4. The van der Waals surface area contributed by atoms with Crippen LogP contribution in [0.3, 0.4) is 0 Å². The number of morpholine rings is 1. The van der Waals surface area contributed by atoms with E-state index in [1.54, 1.807) is 10.7 Å². The Morgan fingerprint density at radius 1 is 1.26 bits per heavy atom. The molecule has 1 aromatic heterocycles. The van der Waals surface area contributed by atoms with E-state index in [-0.39, 0.29) is 49.1 Å². The molecule has 0 spiro atoms. The van der Waals surface area contributed by atoms with Gasteiger partial charge in [0.2, 0.25) is 11.8 Å². The molecule has 1 aliphatic heterocycles. The predicted octanol–water partition coefficient (Wildman–Crippen LogP) is 0.0969. The Hall–Kier alpha value is -1.39. The Bertz CT molecular complexity index is 578. The second-order valence-corrected chi connectivity index (χ2v) is 6.45. The molecule has 1 aliphatic rings. The van der Waals surface area contributed by atoms with Crippen LogP contribution >= 0.6 is 24.8 Å². The first kappa shape index (κ1) is 25.6. The third-order valence-corrected chi connectivity index (χ3v) is 4.10. The van der Waals surface area contributed by atoms with E-state index >= 15 is 0 Å². The normalized spacial score (nSPS) is 15.4. The van der Waals surface area contributed by atoms with E-state index in [1.807, 2.05) is 20.0 Å². The van der Waals surface area contributed by atoms with Gasteiger partial charge in [0.1, 0.15) is 0 Å². The van der Waals surface area contributed by atoms with Gasteiger partial charge in [0.15, 0.2) is 5.82 Å². The van der Waals surface area contributed by atoms with Gasteiger partial charge in [-0.1, -0.05) is 13.8 Å². The zero-order chi connectivity index (χ0) is 18.2. The quantitative estimate of drug-likeness (QED) is 0.544. The average Bonchev–Trinajstić information content (AvgIpc) is 3.05. The van der Waals surface area contributed by atoms with Crippen LogP contribution < -0.4 is 16.4 Å². The zero-order valence-electron chi connectivity index (χ0n) is 15.7. The lowest BCUT2D eigenvalue weighted by Gasteiger charge is -2.26. The minimum absolute atomic E-state index is 0. The van der Waals surface area contributed by atoms with Crippen molar-refractivity contribution in [3.8, 4) is 0 Å². The first-order chi connectivity index (χ1) is 12.0. The van der Waals surface area contributed by atoms with Gasteiger partial charge in [0.05, 0.1) is 32.3 Å². The minimum atomic E-state index is -0.618. The monoisotopic (exact) mass is 424 g/mol. The molecule has 2 rings (SSSR count). The van der Waals surface area contributed by atoms with E-state index in [9.17, 15) is 9.59 Å². The summed E-state index contributed by atoms with van der Waals surface area (Å²) in [7, 11) is 0. The van der Waals surface area contributed by atoms with Crippen LogP contribution in [-0.4, -0.2) is 71.9 Å². The average molecular weight is 425 g/mol. The number of rotatable bonds is 8. The Morgan fingerprint density at radius 2 is 1.93 bits per heavy atom. The number of nitrogens with two attached hydrogens (primary N) is 1. The van der Waals surface area contributed by atoms with Crippen molar-refractivity contribution in [3.63, 3.8) is 0 Å². The van der Waals surface area contributed by atoms with Gasteiger partial charge in [-0.25, -0.2) is 0 Å². The molecule has 0 bridgehead atoms. The van der Waals surface area contributed by atoms with Crippen LogP contribution in [0.2, 0.25) is 0 Å². The number of amides is 2. The van der Waals surface area contributed by atoms with Gasteiger partial charge < -0.3 is 21.1 Å². The number of hydrogen-bond acceptors (Lipinski definition) is 6. The van der Waals surface area contributed by atoms with Crippen molar-refractivity contribution in [2.75, 3.05) is 44.7 Å². The molecule has 2 heterocycles. The highest BCUT2D eigenvalue weighted by molar-refractivity contribution is 5.94. The number of anilines is 1. The van der Waals surface area contributed by atoms with E-state index in [0.29, 0.717) is 5.82 Å². The fourth-order valence-corrected chi connectivity index (χ4v) is 2.40. The van der Waals surface area contributed by atoms with Gasteiger partial charge in [0, 0.05) is 31.9 Å². The molecule has 11 heteroatoms. The van der Waals surface area contributed by atoms with Crippen molar-refractivity contribution in [2.24, 2.45) is 11.7 Å². The van der Waals surface area contributed by atoms with Crippen LogP contribution in [0.25, 0.3) is 0 Å². The molecule has 9 nitrogen and oxygen atoms in total. The van der Waals surface area contributed by atoms with Crippen LogP contribution in [0.4, 0.5) is 5.82 Å². The molecule has 1 atom stereocenters. The van der Waals surface area contributed by atoms with Crippen LogP contribution in [0.5, 0.6) is 0 Å². The molecule has 27 heavy (non-hydrogen) atoms. The lowest BCUT2D eigenvalue weighted by molar-refractivity contribution is -0.125. The van der Waals surface area contributed by atoms with Gasteiger partial charge in [-0.3, -0.25) is 19.2 Å². The largest absolute Gasteiger partial charge is 0.379 e. The van der Waals surface area contributed by atoms with Crippen molar-refractivity contribution < 1.29 is 14.3 Å². The third-order valence-electron chi connectivity index (χ3n) is 4.10. The van der Waals surface area contributed by atoms with Gasteiger partial charge in [0.25, 0.3) is 0 Å².